The van der Waals surface area contributed by atoms with Crippen LogP contribution in [0.1, 0.15) is 45.1 Å². The molecule has 0 spiro atoms. The molecule has 0 saturated heterocycles. The molecule has 0 aliphatic rings. The van der Waals surface area contributed by atoms with E-state index in [1.54, 1.807) is 0 Å². The number of nitro groups is 1. The van der Waals surface area contributed by atoms with Gasteiger partial charge >= 0.3 is 6.18 Å². The smallest absolute Gasteiger partial charge is 0.372 e. The highest BCUT2D eigenvalue weighted by atomic mass is 19.4. The average molecular weight is 318 g/mol. The van der Waals surface area contributed by atoms with Crippen molar-refractivity contribution in [1.29, 1.82) is 0 Å². The van der Waals surface area contributed by atoms with E-state index in [1.807, 2.05) is 18.7 Å². The van der Waals surface area contributed by atoms with Gasteiger partial charge in [0.1, 0.15) is 5.56 Å². The molecular formula is C15H21F3N2O2. The van der Waals surface area contributed by atoms with Crippen molar-refractivity contribution in [3.63, 3.8) is 0 Å². The van der Waals surface area contributed by atoms with Crippen molar-refractivity contribution in [2.75, 3.05) is 18.0 Å². The van der Waals surface area contributed by atoms with Crippen LogP contribution in [0, 0.1) is 10.1 Å². The number of benzene rings is 1. The number of nitrogens with zero attached hydrogens (tertiary/aromatic N) is 2. The zero-order chi connectivity index (χ0) is 16.8. The molecule has 1 aromatic rings. The zero-order valence-corrected chi connectivity index (χ0v) is 12.8. The molecule has 124 valence electrons. The summed E-state index contributed by atoms with van der Waals surface area (Å²) in [5.41, 5.74) is -1.70. The van der Waals surface area contributed by atoms with E-state index in [2.05, 4.69) is 0 Å². The number of hydrogen-bond acceptors (Lipinski definition) is 3. The molecule has 0 fully saturated rings. The highest BCUT2D eigenvalue weighted by Gasteiger charge is 2.38. The monoisotopic (exact) mass is 318 g/mol. The molecule has 0 saturated carbocycles. The van der Waals surface area contributed by atoms with E-state index >= 15 is 0 Å². The normalized spacial score (nSPS) is 11.5. The number of nitro benzene ring substituents is 1. The Morgan fingerprint density at radius 2 is 1.68 bits per heavy atom. The summed E-state index contributed by atoms with van der Waals surface area (Å²) in [4.78, 5) is 11.7. The maximum absolute atomic E-state index is 13.0. The number of hydrogen-bond donors (Lipinski definition) is 0. The molecule has 0 aliphatic heterocycles. The predicted molar refractivity (Wildman–Crippen MR) is 80.1 cm³/mol. The van der Waals surface area contributed by atoms with Gasteiger partial charge in [0.2, 0.25) is 0 Å². The molecule has 0 aliphatic carbocycles. The zero-order valence-electron chi connectivity index (χ0n) is 12.8. The van der Waals surface area contributed by atoms with Gasteiger partial charge in [-0.3, -0.25) is 10.1 Å². The first-order valence-corrected chi connectivity index (χ1v) is 7.41. The van der Waals surface area contributed by atoms with Gasteiger partial charge in [0.25, 0.3) is 5.69 Å². The van der Waals surface area contributed by atoms with Gasteiger partial charge in [-0.05, 0) is 25.0 Å². The quantitative estimate of drug-likeness (QED) is 0.499. The number of unbranched alkanes of at least 4 members (excludes halogenated alkanes) is 2. The van der Waals surface area contributed by atoms with E-state index in [0.717, 1.165) is 37.8 Å². The standard InChI is InChI=1S/C15H21F3N2O2/c1-3-5-9-19(10-6-4-2)12-7-8-14(20(21)22)13(11-12)15(16,17)18/h7-8,11H,3-6,9-10H2,1-2H3. The van der Waals surface area contributed by atoms with Crippen molar-refractivity contribution >= 4 is 11.4 Å². The van der Waals surface area contributed by atoms with Gasteiger partial charge in [-0.1, -0.05) is 26.7 Å². The van der Waals surface area contributed by atoms with Gasteiger partial charge in [0, 0.05) is 24.8 Å². The first-order chi connectivity index (χ1) is 10.3. The molecule has 0 radical (unpaired) electrons. The molecular weight excluding hydrogens is 297 g/mol. The Balaban J connectivity index is 3.18. The lowest BCUT2D eigenvalue weighted by atomic mass is 10.1. The summed E-state index contributed by atoms with van der Waals surface area (Å²) in [6.07, 6.45) is -1.15. The van der Waals surface area contributed by atoms with Crippen LogP contribution in [-0.2, 0) is 6.18 Å². The molecule has 1 aromatic carbocycles. The highest BCUT2D eigenvalue weighted by molar-refractivity contribution is 5.56. The van der Waals surface area contributed by atoms with Crippen LogP contribution in [0.3, 0.4) is 0 Å². The highest BCUT2D eigenvalue weighted by Crippen LogP contribution is 2.38. The van der Waals surface area contributed by atoms with Crippen LogP contribution in [0.5, 0.6) is 0 Å². The number of halogens is 3. The fourth-order valence-electron chi connectivity index (χ4n) is 2.17. The third kappa shape index (κ3) is 4.89. The van der Waals surface area contributed by atoms with Crippen LogP contribution in [0.25, 0.3) is 0 Å². The topological polar surface area (TPSA) is 46.4 Å². The van der Waals surface area contributed by atoms with Crippen LogP contribution in [-0.4, -0.2) is 18.0 Å². The second-order valence-corrected chi connectivity index (χ2v) is 5.15. The Labute approximate surface area is 128 Å². The number of anilines is 1. The van der Waals surface area contributed by atoms with Crippen molar-refractivity contribution in [2.24, 2.45) is 0 Å². The third-order valence-corrected chi connectivity index (χ3v) is 3.41. The van der Waals surface area contributed by atoms with Crippen LogP contribution in [0.15, 0.2) is 18.2 Å². The predicted octanol–water partition coefficient (Wildman–Crippen LogP) is 5.02. The second-order valence-electron chi connectivity index (χ2n) is 5.15. The maximum atomic E-state index is 13.0. The molecule has 0 aromatic heterocycles. The largest absolute Gasteiger partial charge is 0.423 e. The fraction of sp³-hybridized carbons (Fsp3) is 0.600. The first kappa shape index (κ1) is 18.3. The molecule has 0 atom stereocenters. The molecule has 7 heteroatoms. The summed E-state index contributed by atoms with van der Waals surface area (Å²) >= 11 is 0. The Morgan fingerprint density at radius 3 is 2.09 bits per heavy atom. The lowest BCUT2D eigenvalue weighted by molar-refractivity contribution is -0.388. The number of alkyl halides is 3. The van der Waals surface area contributed by atoms with Gasteiger partial charge in [-0.2, -0.15) is 13.2 Å². The maximum Gasteiger partial charge on any atom is 0.423 e. The Bertz CT molecular complexity index is 496. The van der Waals surface area contributed by atoms with E-state index in [0.29, 0.717) is 18.8 Å². The molecule has 22 heavy (non-hydrogen) atoms. The van der Waals surface area contributed by atoms with E-state index < -0.39 is 22.4 Å². The lowest BCUT2D eigenvalue weighted by Crippen LogP contribution is -2.26. The third-order valence-electron chi connectivity index (χ3n) is 3.41. The van der Waals surface area contributed by atoms with Gasteiger partial charge in [-0.15, -0.1) is 0 Å². The Kier molecular flexibility index (Phi) is 6.64. The minimum atomic E-state index is -4.74. The molecule has 0 amide bonds. The summed E-state index contributed by atoms with van der Waals surface area (Å²) in [6, 6.07) is 3.24. The molecule has 0 unspecified atom stereocenters. The summed E-state index contributed by atoms with van der Waals surface area (Å²) in [5, 5.41) is 10.8. The van der Waals surface area contributed by atoms with Gasteiger partial charge in [-0.25, -0.2) is 0 Å². The van der Waals surface area contributed by atoms with E-state index in [-0.39, 0.29) is 0 Å². The van der Waals surface area contributed by atoms with Crippen molar-refractivity contribution < 1.29 is 18.1 Å². The first-order valence-electron chi connectivity index (χ1n) is 7.41. The molecule has 0 N–H and O–H groups in total. The van der Waals surface area contributed by atoms with E-state index in [9.17, 15) is 23.3 Å². The summed E-state index contributed by atoms with van der Waals surface area (Å²) < 4.78 is 39.1. The number of rotatable bonds is 8. The second kappa shape index (κ2) is 8.00. The van der Waals surface area contributed by atoms with Crippen molar-refractivity contribution in [1.82, 2.24) is 0 Å². The summed E-state index contributed by atoms with van der Waals surface area (Å²) in [6.45, 7) is 5.31. The molecule has 0 bridgehead atoms. The van der Waals surface area contributed by atoms with Crippen LogP contribution >= 0.6 is 0 Å². The average Bonchev–Trinajstić information content (AvgIpc) is 2.46. The van der Waals surface area contributed by atoms with Crippen LogP contribution in [0.4, 0.5) is 24.5 Å². The van der Waals surface area contributed by atoms with Crippen molar-refractivity contribution in [3.8, 4) is 0 Å². The molecule has 1 rings (SSSR count). The van der Waals surface area contributed by atoms with Gasteiger partial charge in [0.15, 0.2) is 0 Å². The fourth-order valence-corrected chi connectivity index (χ4v) is 2.17. The van der Waals surface area contributed by atoms with Crippen LogP contribution < -0.4 is 4.90 Å². The minimum absolute atomic E-state index is 0.389. The minimum Gasteiger partial charge on any atom is -0.372 e. The molecule has 0 heterocycles. The van der Waals surface area contributed by atoms with Crippen molar-refractivity contribution in [2.45, 2.75) is 45.7 Å². The van der Waals surface area contributed by atoms with E-state index in [1.165, 1.54) is 6.07 Å². The van der Waals surface area contributed by atoms with Gasteiger partial charge < -0.3 is 4.90 Å². The van der Waals surface area contributed by atoms with Gasteiger partial charge in [0.05, 0.1) is 4.92 Å². The summed E-state index contributed by atoms with van der Waals surface area (Å²) in [5.74, 6) is 0. The van der Waals surface area contributed by atoms with Crippen LogP contribution in [0.2, 0.25) is 0 Å². The molecule has 4 nitrogen and oxygen atoms in total. The van der Waals surface area contributed by atoms with Crippen molar-refractivity contribution in [3.05, 3.63) is 33.9 Å². The Hall–Kier alpha value is -1.79. The SMILES string of the molecule is CCCCN(CCCC)c1ccc([N+](=O)[O-])c(C(F)(F)F)c1. The lowest BCUT2D eigenvalue weighted by Gasteiger charge is -2.25. The van der Waals surface area contributed by atoms with E-state index in [4.69, 9.17) is 0 Å². The summed E-state index contributed by atoms with van der Waals surface area (Å²) in [7, 11) is 0. The Morgan fingerprint density at radius 1 is 1.14 bits per heavy atom.